The van der Waals surface area contributed by atoms with Gasteiger partial charge in [0.2, 0.25) is 0 Å². The molecule has 2 unspecified atom stereocenters. The van der Waals surface area contributed by atoms with Gasteiger partial charge in [0.15, 0.2) is 0 Å². The zero-order valence-corrected chi connectivity index (χ0v) is 15.1. The quantitative estimate of drug-likeness (QED) is 0.905. The summed E-state index contributed by atoms with van der Waals surface area (Å²) in [6.07, 6.45) is 3.48. The van der Waals surface area contributed by atoms with E-state index in [1.807, 2.05) is 42.2 Å². The summed E-state index contributed by atoms with van der Waals surface area (Å²) in [6.45, 7) is 3.75. The van der Waals surface area contributed by atoms with Crippen LogP contribution in [0.5, 0.6) is 0 Å². The highest BCUT2D eigenvalue weighted by molar-refractivity contribution is 5.75. The van der Waals surface area contributed by atoms with E-state index >= 15 is 0 Å². The number of urea groups is 1. The number of nitrogens with one attached hydrogen (secondary N) is 1. The lowest BCUT2D eigenvalue weighted by molar-refractivity contribution is 0.171. The highest BCUT2D eigenvalue weighted by atomic mass is 16.2. The van der Waals surface area contributed by atoms with Gasteiger partial charge in [-0.05, 0) is 24.8 Å². The molecule has 26 heavy (non-hydrogen) atoms. The first-order valence-electron chi connectivity index (χ1n) is 9.44. The van der Waals surface area contributed by atoms with Crippen LogP contribution in [0.4, 0.5) is 4.79 Å². The predicted octanol–water partition coefficient (Wildman–Crippen LogP) is 1.60. The van der Waals surface area contributed by atoms with Gasteiger partial charge in [-0.25, -0.2) is 14.3 Å². The van der Waals surface area contributed by atoms with E-state index in [0.29, 0.717) is 26.1 Å². The lowest BCUT2D eigenvalue weighted by Gasteiger charge is -2.28. The number of rotatable bonds is 4. The van der Waals surface area contributed by atoms with Crippen LogP contribution in [0.25, 0.3) is 0 Å². The average Bonchev–Trinajstić information content (AvgIpc) is 3.10. The lowest BCUT2D eigenvalue weighted by Crippen LogP contribution is -2.48. The van der Waals surface area contributed by atoms with Gasteiger partial charge >= 0.3 is 11.7 Å². The molecule has 1 aromatic heterocycles. The Morgan fingerprint density at radius 1 is 1.23 bits per heavy atom. The Hall–Kier alpha value is -2.57. The Morgan fingerprint density at radius 2 is 2.00 bits per heavy atom. The van der Waals surface area contributed by atoms with Gasteiger partial charge in [0.1, 0.15) is 5.82 Å². The number of hydrogen-bond acceptors (Lipinski definition) is 3. The Labute approximate surface area is 152 Å². The molecule has 4 rings (SSSR count). The lowest BCUT2D eigenvalue weighted by atomic mass is 10.1. The minimum atomic E-state index is -0.0784. The Kier molecular flexibility index (Phi) is 4.53. The van der Waals surface area contributed by atoms with E-state index in [4.69, 9.17) is 0 Å². The molecule has 2 amide bonds. The summed E-state index contributed by atoms with van der Waals surface area (Å²) in [4.78, 5) is 27.3. The van der Waals surface area contributed by atoms with Crippen LogP contribution in [0.1, 0.15) is 37.6 Å². The summed E-state index contributed by atoms with van der Waals surface area (Å²) in [6, 6.07) is 10.1. The van der Waals surface area contributed by atoms with E-state index in [1.165, 1.54) is 0 Å². The van der Waals surface area contributed by atoms with Gasteiger partial charge < -0.3 is 10.2 Å². The molecular weight excluding hydrogens is 330 g/mol. The van der Waals surface area contributed by atoms with E-state index in [0.717, 1.165) is 30.7 Å². The summed E-state index contributed by atoms with van der Waals surface area (Å²) < 4.78 is 3.32. The topological polar surface area (TPSA) is 72.2 Å². The molecule has 7 nitrogen and oxygen atoms in total. The number of fused-ring (bicyclic) bond motifs is 3. The SMILES string of the molecule is CCCNC(=O)N1C2CCC1Cn1c(nn(Cc3ccccc3)c1=O)C2. The highest BCUT2D eigenvalue weighted by Gasteiger charge is 2.41. The Balaban J connectivity index is 1.57. The smallest absolute Gasteiger partial charge is 0.338 e. The van der Waals surface area contributed by atoms with Gasteiger partial charge in [-0.2, -0.15) is 5.10 Å². The zero-order chi connectivity index (χ0) is 18.1. The molecule has 2 aliphatic heterocycles. The van der Waals surface area contributed by atoms with Crippen molar-refractivity contribution in [1.82, 2.24) is 24.6 Å². The third kappa shape index (κ3) is 3.02. The monoisotopic (exact) mass is 355 g/mol. The molecule has 7 heteroatoms. The van der Waals surface area contributed by atoms with Crippen LogP contribution in [0, 0.1) is 0 Å². The minimum absolute atomic E-state index is 0.00489. The fourth-order valence-corrected chi connectivity index (χ4v) is 4.10. The van der Waals surface area contributed by atoms with Crippen LogP contribution in [0.2, 0.25) is 0 Å². The van der Waals surface area contributed by atoms with Gasteiger partial charge in [0.05, 0.1) is 12.6 Å². The maximum atomic E-state index is 12.8. The summed E-state index contributed by atoms with van der Waals surface area (Å²) in [5.41, 5.74) is 0.983. The van der Waals surface area contributed by atoms with Crippen molar-refractivity contribution < 1.29 is 4.79 Å². The molecule has 0 aliphatic carbocycles. The van der Waals surface area contributed by atoms with Crippen molar-refractivity contribution in [2.75, 3.05) is 6.54 Å². The summed E-state index contributed by atoms with van der Waals surface area (Å²) in [7, 11) is 0. The van der Waals surface area contributed by atoms with Crippen molar-refractivity contribution in [2.45, 2.75) is 57.8 Å². The fraction of sp³-hybridized carbons (Fsp3) is 0.526. The first-order chi connectivity index (χ1) is 12.7. The van der Waals surface area contributed by atoms with Gasteiger partial charge in [-0.15, -0.1) is 0 Å². The summed E-state index contributed by atoms with van der Waals surface area (Å²) in [5.74, 6) is 0.798. The maximum absolute atomic E-state index is 12.8. The number of aromatic nitrogens is 3. The number of benzene rings is 1. The maximum Gasteiger partial charge on any atom is 0.346 e. The molecule has 2 bridgehead atoms. The molecule has 0 saturated carbocycles. The van der Waals surface area contributed by atoms with Gasteiger partial charge in [-0.3, -0.25) is 4.57 Å². The molecule has 0 radical (unpaired) electrons. The molecule has 1 aromatic carbocycles. The number of hydrogen-bond donors (Lipinski definition) is 1. The molecule has 0 spiro atoms. The number of nitrogens with zero attached hydrogens (tertiary/aromatic N) is 4. The minimum Gasteiger partial charge on any atom is -0.338 e. The van der Waals surface area contributed by atoms with Crippen LogP contribution in [0.3, 0.4) is 0 Å². The van der Waals surface area contributed by atoms with Gasteiger partial charge in [0.25, 0.3) is 0 Å². The van der Waals surface area contributed by atoms with E-state index < -0.39 is 0 Å². The number of carbonyl (C=O) groups is 1. The van der Waals surface area contributed by atoms with Crippen molar-refractivity contribution in [3.63, 3.8) is 0 Å². The first-order valence-corrected chi connectivity index (χ1v) is 9.44. The molecule has 2 atom stereocenters. The third-order valence-electron chi connectivity index (χ3n) is 5.37. The molecule has 1 saturated heterocycles. The van der Waals surface area contributed by atoms with Crippen molar-refractivity contribution >= 4 is 6.03 Å². The van der Waals surface area contributed by atoms with E-state index in [1.54, 1.807) is 9.25 Å². The molecule has 1 N–H and O–H groups in total. The van der Waals surface area contributed by atoms with Crippen molar-refractivity contribution in [3.8, 4) is 0 Å². The molecular formula is C19H25N5O2. The highest BCUT2D eigenvalue weighted by Crippen LogP contribution is 2.30. The first kappa shape index (κ1) is 16.9. The van der Waals surface area contributed by atoms with Gasteiger partial charge in [-0.1, -0.05) is 37.3 Å². The Morgan fingerprint density at radius 3 is 2.77 bits per heavy atom. The number of amides is 2. The molecule has 2 aliphatic rings. The predicted molar refractivity (Wildman–Crippen MR) is 98.1 cm³/mol. The number of carbonyl (C=O) groups excluding carboxylic acids is 1. The Bertz CT molecular complexity index is 841. The van der Waals surface area contributed by atoms with Crippen LogP contribution in [-0.4, -0.2) is 43.9 Å². The standard InChI is InChI=1S/C19H25N5O2/c1-2-10-20-18(25)24-15-8-9-16(24)13-22-17(11-15)21-23(19(22)26)12-14-6-4-3-5-7-14/h3-7,15-16H,2,8-13H2,1H3,(H,20,25). The normalized spacial score (nSPS) is 21.3. The van der Waals surface area contributed by atoms with E-state index in [2.05, 4.69) is 10.4 Å². The molecule has 2 aromatic rings. The summed E-state index contributed by atoms with van der Waals surface area (Å²) in [5, 5.41) is 7.57. The molecule has 138 valence electrons. The van der Waals surface area contributed by atoms with E-state index in [-0.39, 0.29) is 23.8 Å². The van der Waals surface area contributed by atoms with E-state index in [9.17, 15) is 9.59 Å². The van der Waals surface area contributed by atoms with Crippen molar-refractivity contribution in [1.29, 1.82) is 0 Å². The van der Waals surface area contributed by atoms with Crippen LogP contribution in [0.15, 0.2) is 35.1 Å². The largest absolute Gasteiger partial charge is 0.346 e. The van der Waals surface area contributed by atoms with Crippen molar-refractivity contribution in [2.24, 2.45) is 0 Å². The van der Waals surface area contributed by atoms with Crippen LogP contribution < -0.4 is 11.0 Å². The average molecular weight is 355 g/mol. The second-order valence-corrected chi connectivity index (χ2v) is 7.18. The van der Waals surface area contributed by atoms with Crippen LogP contribution in [-0.2, 0) is 19.5 Å². The summed E-state index contributed by atoms with van der Waals surface area (Å²) >= 11 is 0. The second kappa shape index (κ2) is 6.97. The van der Waals surface area contributed by atoms with Crippen LogP contribution >= 0.6 is 0 Å². The van der Waals surface area contributed by atoms with Gasteiger partial charge in [0, 0.05) is 25.6 Å². The zero-order valence-electron chi connectivity index (χ0n) is 15.1. The van der Waals surface area contributed by atoms with Crippen molar-refractivity contribution in [3.05, 3.63) is 52.2 Å². The molecule has 3 heterocycles. The second-order valence-electron chi connectivity index (χ2n) is 7.18. The molecule has 1 fully saturated rings. The third-order valence-corrected chi connectivity index (χ3v) is 5.37. The fourth-order valence-electron chi connectivity index (χ4n) is 4.10.